The van der Waals surface area contributed by atoms with Crippen LogP contribution in [0.5, 0.6) is 11.5 Å². The van der Waals surface area contributed by atoms with Crippen molar-refractivity contribution in [3.8, 4) is 17.6 Å². The minimum atomic E-state index is -1.14. The maximum Gasteiger partial charge on any atom is 0.326 e. The predicted molar refractivity (Wildman–Crippen MR) is 107 cm³/mol. The summed E-state index contributed by atoms with van der Waals surface area (Å²) < 4.78 is 5.77. The highest BCUT2D eigenvalue weighted by Crippen LogP contribution is 2.22. The molecule has 29 heavy (non-hydrogen) atoms. The fraction of sp³-hybridized carbons (Fsp3) is 0.0870. The number of benzene rings is 3. The van der Waals surface area contributed by atoms with Crippen LogP contribution < -0.4 is 10.1 Å². The third-order valence-corrected chi connectivity index (χ3v) is 4.20. The van der Waals surface area contributed by atoms with Gasteiger partial charge in [-0.25, -0.2) is 4.79 Å². The number of carboxylic acids is 1. The molecule has 3 rings (SSSR count). The maximum atomic E-state index is 12.4. The highest BCUT2D eigenvalue weighted by molar-refractivity contribution is 5.96. The van der Waals surface area contributed by atoms with Crippen molar-refractivity contribution in [1.82, 2.24) is 5.32 Å². The number of carbonyl (C=O) groups excluding carboxylic acids is 1. The zero-order chi connectivity index (χ0) is 20.6. The van der Waals surface area contributed by atoms with Gasteiger partial charge in [0.05, 0.1) is 11.6 Å². The molecule has 0 aromatic heterocycles. The summed E-state index contributed by atoms with van der Waals surface area (Å²) in [4.78, 5) is 24.0. The van der Waals surface area contributed by atoms with Gasteiger partial charge in [-0.15, -0.1) is 0 Å². The molecule has 0 radical (unpaired) electrons. The van der Waals surface area contributed by atoms with E-state index in [0.29, 0.717) is 22.6 Å². The zero-order valence-corrected chi connectivity index (χ0v) is 15.4. The molecule has 1 amide bonds. The summed E-state index contributed by atoms with van der Waals surface area (Å²) in [5.74, 6) is -0.398. The summed E-state index contributed by atoms with van der Waals surface area (Å²) in [6.45, 7) is 0. The first-order valence-corrected chi connectivity index (χ1v) is 8.91. The number of ether oxygens (including phenoxy) is 1. The SMILES string of the molecule is N#Cc1ccc(C(=O)NC(Cc2cccc(Oc3ccccc3)c2)C(=O)O)cc1. The van der Waals surface area contributed by atoms with Gasteiger partial charge in [-0.1, -0.05) is 30.3 Å². The molecular weight excluding hydrogens is 368 g/mol. The number of amides is 1. The number of nitriles is 1. The fourth-order valence-electron chi connectivity index (χ4n) is 2.73. The van der Waals surface area contributed by atoms with Crippen molar-refractivity contribution in [3.05, 3.63) is 95.6 Å². The monoisotopic (exact) mass is 386 g/mol. The molecule has 3 aromatic carbocycles. The van der Waals surface area contributed by atoms with Gasteiger partial charge in [-0.2, -0.15) is 5.26 Å². The van der Waals surface area contributed by atoms with Crippen LogP contribution in [0, 0.1) is 11.3 Å². The minimum absolute atomic E-state index is 0.101. The van der Waals surface area contributed by atoms with E-state index in [-0.39, 0.29) is 12.0 Å². The van der Waals surface area contributed by atoms with Gasteiger partial charge < -0.3 is 15.2 Å². The van der Waals surface area contributed by atoms with Crippen LogP contribution in [0.15, 0.2) is 78.9 Å². The van der Waals surface area contributed by atoms with Crippen molar-refractivity contribution >= 4 is 11.9 Å². The lowest BCUT2D eigenvalue weighted by atomic mass is 10.0. The third-order valence-electron chi connectivity index (χ3n) is 4.20. The maximum absolute atomic E-state index is 12.4. The largest absolute Gasteiger partial charge is 0.480 e. The topological polar surface area (TPSA) is 99.4 Å². The number of hydrogen-bond donors (Lipinski definition) is 2. The first-order valence-electron chi connectivity index (χ1n) is 8.91. The van der Waals surface area contributed by atoms with E-state index in [0.717, 1.165) is 0 Å². The van der Waals surface area contributed by atoms with Crippen molar-refractivity contribution in [1.29, 1.82) is 5.26 Å². The second-order valence-corrected chi connectivity index (χ2v) is 6.32. The number of rotatable bonds is 7. The molecule has 144 valence electrons. The Hall–Kier alpha value is -4.11. The number of aliphatic carboxylic acids is 1. The van der Waals surface area contributed by atoms with E-state index in [9.17, 15) is 14.7 Å². The Morgan fingerprint density at radius 3 is 2.31 bits per heavy atom. The van der Waals surface area contributed by atoms with Gasteiger partial charge in [0.2, 0.25) is 0 Å². The molecule has 0 saturated carbocycles. The summed E-state index contributed by atoms with van der Waals surface area (Å²) >= 11 is 0. The van der Waals surface area contributed by atoms with Gasteiger partial charge in [-0.3, -0.25) is 4.79 Å². The van der Waals surface area contributed by atoms with Crippen LogP contribution in [-0.4, -0.2) is 23.0 Å². The first-order chi connectivity index (χ1) is 14.0. The molecule has 3 aromatic rings. The molecule has 6 heteroatoms. The first kappa shape index (κ1) is 19.6. The van der Waals surface area contributed by atoms with E-state index in [1.165, 1.54) is 24.3 Å². The molecule has 1 unspecified atom stereocenters. The van der Waals surface area contributed by atoms with Crippen molar-refractivity contribution in [2.75, 3.05) is 0 Å². The van der Waals surface area contributed by atoms with Crippen LogP contribution >= 0.6 is 0 Å². The Morgan fingerprint density at radius 2 is 1.66 bits per heavy atom. The van der Waals surface area contributed by atoms with Gasteiger partial charge in [0, 0.05) is 12.0 Å². The Kier molecular flexibility index (Phi) is 6.23. The van der Waals surface area contributed by atoms with E-state index in [1.54, 1.807) is 24.3 Å². The van der Waals surface area contributed by atoms with Gasteiger partial charge in [0.25, 0.3) is 5.91 Å². The molecule has 2 N–H and O–H groups in total. The van der Waals surface area contributed by atoms with Crippen LogP contribution in [0.1, 0.15) is 21.5 Å². The van der Waals surface area contributed by atoms with Crippen LogP contribution in [-0.2, 0) is 11.2 Å². The van der Waals surface area contributed by atoms with Crippen molar-refractivity contribution in [3.63, 3.8) is 0 Å². The van der Waals surface area contributed by atoms with Crippen molar-refractivity contribution in [2.24, 2.45) is 0 Å². The Morgan fingerprint density at radius 1 is 0.966 bits per heavy atom. The average molecular weight is 386 g/mol. The lowest BCUT2D eigenvalue weighted by Crippen LogP contribution is -2.42. The summed E-state index contributed by atoms with van der Waals surface area (Å²) in [5, 5.41) is 20.9. The Balaban J connectivity index is 1.70. The van der Waals surface area contributed by atoms with Gasteiger partial charge >= 0.3 is 5.97 Å². The quantitative estimate of drug-likeness (QED) is 0.644. The molecule has 0 saturated heterocycles. The van der Waals surface area contributed by atoms with Gasteiger partial charge in [0.1, 0.15) is 17.5 Å². The summed E-state index contributed by atoms with van der Waals surface area (Å²) in [7, 11) is 0. The Bertz CT molecular complexity index is 1040. The molecule has 0 aliphatic heterocycles. The van der Waals surface area contributed by atoms with E-state index >= 15 is 0 Å². The predicted octanol–water partition coefficient (Wildman–Crippen LogP) is 3.78. The summed E-state index contributed by atoms with van der Waals surface area (Å²) in [6, 6.07) is 23.2. The average Bonchev–Trinajstić information content (AvgIpc) is 2.74. The zero-order valence-electron chi connectivity index (χ0n) is 15.4. The van der Waals surface area contributed by atoms with Crippen molar-refractivity contribution in [2.45, 2.75) is 12.5 Å². The molecule has 0 aliphatic rings. The smallest absolute Gasteiger partial charge is 0.326 e. The highest BCUT2D eigenvalue weighted by atomic mass is 16.5. The number of nitrogens with one attached hydrogen (secondary N) is 1. The normalized spacial score (nSPS) is 11.1. The second-order valence-electron chi connectivity index (χ2n) is 6.32. The third kappa shape index (κ3) is 5.44. The molecule has 0 aliphatic carbocycles. The number of carboxylic acid groups (broad SMARTS) is 1. The lowest BCUT2D eigenvalue weighted by molar-refractivity contribution is -0.139. The Labute approximate surface area is 168 Å². The molecular formula is C23H18N2O4. The highest BCUT2D eigenvalue weighted by Gasteiger charge is 2.21. The van der Waals surface area contributed by atoms with E-state index in [2.05, 4.69) is 5.32 Å². The molecule has 0 heterocycles. The summed E-state index contributed by atoms with van der Waals surface area (Å²) in [5.41, 5.74) is 1.42. The molecule has 6 nitrogen and oxygen atoms in total. The molecule has 0 spiro atoms. The lowest BCUT2D eigenvalue weighted by Gasteiger charge is -2.15. The van der Waals surface area contributed by atoms with Crippen LogP contribution in [0.4, 0.5) is 0 Å². The second kappa shape index (κ2) is 9.20. The van der Waals surface area contributed by atoms with E-state index in [4.69, 9.17) is 10.00 Å². The number of hydrogen-bond acceptors (Lipinski definition) is 4. The fourth-order valence-corrected chi connectivity index (χ4v) is 2.73. The van der Waals surface area contributed by atoms with Gasteiger partial charge in [-0.05, 0) is 54.1 Å². The minimum Gasteiger partial charge on any atom is -0.480 e. The standard InChI is InChI=1S/C23H18N2O4/c24-15-16-9-11-18(12-10-16)22(26)25-21(23(27)28)14-17-5-4-8-20(13-17)29-19-6-2-1-3-7-19/h1-13,21H,14H2,(H,25,26)(H,27,28). The summed E-state index contributed by atoms with van der Waals surface area (Å²) in [6.07, 6.45) is 0.101. The van der Waals surface area contributed by atoms with Crippen LogP contribution in [0.25, 0.3) is 0 Å². The van der Waals surface area contributed by atoms with E-state index < -0.39 is 17.9 Å². The van der Waals surface area contributed by atoms with Crippen molar-refractivity contribution < 1.29 is 19.4 Å². The van der Waals surface area contributed by atoms with Gasteiger partial charge in [0.15, 0.2) is 0 Å². The number of carbonyl (C=O) groups is 2. The van der Waals surface area contributed by atoms with Crippen LogP contribution in [0.3, 0.4) is 0 Å². The molecule has 0 bridgehead atoms. The molecule has 1 atom stereocenters. The number of para-hydroxylation sites is 1. The van der Waals surface area contributed by atoms with Crippen LogP contribution in [0.2, 0.25) is 0 Å². The van der Waals surface area contributed by atoms with E-state index in [1.807, 2.05) is 36.4 Å². The molecule has 0 fully saturated rings. The number of nitrogens with zero attached hydrogens (tertiary/aromatic N) is 1.